The predicted octanol–water partition coefficient (Wildman–Crippen LogP) is -0.158. The summed E-state index contributed by atoms with van der Waals surface area (Å²) in [7, 11) is 0. The Bertz CT molecular complexity index is 534. The fraction of sp³-hybridized carbons (Fsp3) is 0.778. The molecule has 9 nitrogen and oxygen atoms in total. The minimum absolute atomic E-state index is 0.0727. The largest absolute Gasteiger partial charge is 0.480 e. The molecule has 3 unspecified atom stereocenters. The number of carbonyl (C=O) groups is 4. The van der Waals surface area contributed by atoms with Crippen molar-refractivity contribution in [3.63, 3.8) is 0 Å². The average molecular weight is 386 g/mol. The number of rotatable bonds is 11. The molecule has 156 valence electrons. The smallest absolute Gasteiger partial charge is 0.326 e. The predicted molar refractivity (Wildman–Crippen MR) is 102 cm³/mol. The molecule has 0 saturated carbocycles. The summed E-state index contributed by atoms with van der Waals surface area (Å²) in [6.45, 7) is 10.4. The van der Waals surface area contributed by atoms with Gasteiger partial charge in [-0.3, -0.25) is 14.4 Å². The van der Waals surface area contributed by atoms with Crippen LogP contribution in [-0.2, 0) is 19.2 Å². The molecule has 0 aromatic rings. The molecule has 0 bridgehead atoms. The maximum atomic E-state index is 12.5. The molecule has 0 aliphatic carbocycles. The summed E-state index contributed by atoms with van der Waals surface area (Å²) < 4.78 is 0. The van der Waals surface area contributed by atoms with Gasteiger partial charge in [-0.15, -0.1) is 0 Å². The number of nitrogens with two attached hydrogens (primary N) is 1. The number of aliphatic carboxylic acids is 1. The number of carboxylic acids is 1. The lowest BCUT2D eigenvalue weighted by atomic mass is 10.0. The van der Waals surface area contributed by atoms with Crippen molar-refractivity contribution in [2.24, 2.45) is 23.5 Å². The van der Waals surface area contributed by atoms with E-state index in [1.165, 1.54) is 0 Å². The van der Waals surface area contributed by atoms with E-state index in [2.05, 4.69) is 16.0 Å². The Morgan fingerprint density at radius 3 is 1.85 bits per heavy atom. The van der Waals surface area contributed by atoms with E-state index in [-0.39, 0.29) is 24.3 Å². The molecular weight excluding hydrogens is 352 g/mol. The lowest BCUT2D eigenvalue weighted by Crippen LogP contribution is -2.55. The molecule has 6 N–H and O–H groups in total. The minimum Gasteiger partial charge on any atom is -0.480 e. The van der Waals surface area contributed by atoms with Crippen LogP contribution in [0.2, 0.25) is 0 Å². The first-order valence-electron chi connectivity index (χ1n) is 9.22. The van der Waals surface area contributed by atoms with Crippen LogP contribution < -0.4 is 21.7 Å². The van der Waals surface area contributed by atoms with Crippen molar-refractivity contribution < 1.29 is 24.3 Å². The molecule has 0 radical (unpaired) electrons. The van der Waals surface area contributed by atoms with Gasteiger partial charge in [0.2, 0.25) is 17.7 Å². The van der Waals surface area contributed by atoms with Gasteiger partial charge in [-0.1, -0.05) is 41.5 Å². The van der Waals surface area contributed by atoms with Crippen LogP contribution in [0.5, 0.6) is 0 Å². The van der Waals surface area contributed by atoms with Gasteiger partial charge in [-0.2, -0.15) is 0 Å². The van der Waals surface area contributed by atoms with Crippen molar-refractivity contribution >= 4 is 23.7 Å². The Morgan fingerprint density at radius 1 is 0.889 bits per heavy atom. The highest BCUT2D eigenvalue weighted by Gasteiger charge is 2.29. The third kappa shape index (κ3) is 9.37. The van der Waals surface area contributed by atoms with Gasteiger partial charge in [0.05, 0.1) is 12.6 Å². The molecule has 0 heterocycles. The van der Waals surface area contributed by atoms with Crippen molar-refractivity contribution in [3.05, 3.63) is 0 Å². The highest BCUT2D eigenvalue weighted by molar-refractivity contribution is 5.92. The summed E-state index contributed by atoms with van der Waals surface area (Å²) in [5, 5.41) is 16.7. The van der Waals surface area contributed by atoms with E-state index >= 15 is 0 Å². The maximum Gasteiger partial charge on any atom is 0.326 e. The van der Waals surface area contributed by atoms with Crippen LogP contribution in [0.15, 0.2) is 0 Å². The Balaban J connectivity index is 4.90. The molecule has 0 aromatic carbocycles. The molecule has 0 aromatic heterocycles. The van der Waals surface area contributed by atoms with Crippen molar-refractivity contribution in [1.82, 2.24) is 16.0 Å². The lowest BCUT2D eigenvalue weighted by molar-refractivity contribution is -0.143. The van der Waals surface area contributed by atoms with Crippen LogP contribution in [0.1, 0.15) is 48.0 Å². The summed E-state index contributed by atoms with van der Waals surface area (Å²) in [6.07, 6.45) is 0.335. The molecule has 9 heteroatoms. The topological polar surface area (TPSA) is 151 Å². The van der Waals surface area contributed by atoms with Gasteiger partial charge in [0.25, 0.3) is 0 Å². The second kappa shape index (κ2) is 11.5. The zero-order valence-electron chi connectivity index (χ0n) is 17.0. The first-order chi connectivity index (χ1) is 12.4. The van der Waals surface area contributed by atoms with E-state index in [1.807, 2.05) is 13.8 Å². The van der Waals surface area contributed by atoms with Crippen molar-refractivity contribution in [2.75, 3.05) is 6.54 Å². The Morgan fingerprint density at radius 2 is 1.44 bits per heavy atom. The van der Waals surface area contributed by atoms with Crippen LogP contribution in [0.25, 0.3) is 0 Å². The van der Waals surface area contributed by atoms with E-state index < -0.39 is 41.8 Å². The summed E-state index contributed by atoms with van der Waals surface area (Å²) in [5.41, 5.74) is 5.71. The third-order valence-electron chi connectivity index (χ3n) is 4.03. The van der Waals surface area contributed by atoms with Crippen molar-refractivity contribution in [2.45, 2.75) is 66.1 Å². The highest BCUT2D eigenvalue weighted by Crippen LogP contribution is 2.08. The van der Waals surface area contributed by atoms with E-state index in [4.69, 9.17) is 5.73 Å². The molecule has 0 saturated heterocycles. The molecule has 27 heavy (non-hydrogen) atoms. The fourth-order valence-electron chi connectivity index (χ4n) is 2.30. The molecule has 0 aliphatic rings. The number of carboxylic acid groups (broad SMARTS) is 1. The lowest BCUT2D eigenvalue weighted by Gasteiger charge is -2.24. The van der Waals surface area contributed by atoms with Gasteiger partial charge in [0.15, 0.2) is 0 Å². The Labute approximate surface area is 160 Å². The SMILES string of the molecule is CC(C)CC(NC(=O)CNC(=O)C(N)C(C)C)C(=O)NC(C(=O)O)C(C)C. The van der Waals surface area contributed by atoms with E-state index in [0.717, 1.165) is 0 Å². The second-order valence-corrected chi connectivity index (χ2v) is 7.81. The maximum absolute atomic E-state index is 12.5. The third-order valence-corrected chi connectivity index (χ3v) is 4.03. The Hall–Kier alpha value is -2.16. The van der Waals surface area contributed by atoms with Gasteiger partial charge in [-0.25, -0.2) is 4.79 Å². The van der Waals surface area contributed by atoms with Gasteiger partial charge in [0, 0.05) is 0 Å². The van der Waals surface area contributed by atoms with Gasteiger partial charge in [0.1, 0.15) is 12.1 Å². The molecular formula is C18H34N4O5. The zero-order chi connectivity index (χ0) is 21.3. The molecule has 3 atom stereocenters. The van der Waals surface area contributed by atoms with Crippen molar-refractivity contribution in [1.29, 1.82) is 0 Å². The molecule has 3 amide bonds. The van der Waals surface area contributed by atoms with Crippen LogP contribution in [0.4, 0.5) is 0 Å². The summed E-state index contributed by atoms with van der Waals surface area (Å²) in [4.78, 5) is 47.7. The fourth-order valence-corrected chi connectivity index (χ4v) is 2.30. The van der Waals surface area contributed by atoms with Crippen molar-refractivity contribution in [3.8, 4) is 0 Å². The molecule has 0 rings (SSSR count). The number of hydrogen-bond acceptors (Lipinski definition) is 5. The Kier molecular flexibility index (Phi) is 10.6. The number of amides is 3. The van der Waals surface area contributed by atoms with Crippen LogP contribution in [-0.4, -0.2) is 53.5 Å². The van der Waals surface area contributed by atoms with Gasteiger partial charge < -0.3 is 26.8 Å². The standard InChI is InChI=1S/C18H34N4O5/c1-9(2)7-12(16(24)22-15(11(5)6)18(26)27)21-13(23)8-20-17(25)14(19)10(3)4/h9-12,14-15H,7-8,19H2,1-6H3,(H,20,25)(H,21,23)(H,22,24)(H,26,27). The number of nitrogens with one attached hydrogen (secondary N) is 3. The van der Waals surface area contributed by atoms with Crippen LogP contribution in [0, 0.1) is 17.8 Å². The quantitative estimate of drug-likeness (QED) is 0.333. The normalized spacial score (nSPS) is 14.6. The van der Waals surface area contributed by atoms with Gasteiger partial charge in [-0.05, 0) is 24.2 Å². The van der Waals surface area contributed by atoms with Crippen LogP contribution >= 0.6 is 0 Å². The second-order valence-electron chi connectivity index (χ2n) is 7.81. The monoisotopic (exact) mass is 386 g/mol. The van der Waals surface area contributed by atoms with E-state index in [9.17, 15) is 24.3 Å². The van der Waals surface area contributed by atoms with E-state index in [0.29, 0.717) is 6.42 Å². The van der Waals surface area contributed by atoms with E-state index in [1.54, 1.807) is 27.7 Å². The molecule has 0 fully saturated rings. The summed E-state index contributed by atoms with van der Waals surface area (Å²) in [5.74, 6) is -2.99. The number of hydrogen-bond donors (Lipinski definition) is 5. The number of carbonyl (C=O) groups excluding carboxylic acids is 3. The molecule has 0 spiro atoms. The molecule has 0 aliphatic heterocycles. The zero-order valence-corrected chi connectivity index (χ0v) is 17.0. The summed E-state index contributed by atoms with van der Waals surface area (Å²) in [6, 6.07) is -2.67. The first kappa shape index (κ1) is 24.8. The summed E-state index contributed by atoms with van der Waals surface area (Å²) >= 11 is 0. The average Bonchev–Trinajstić information content (AvgIpc) is 2.54. The first-order valence-corrected chi connectivity index (χ1v) is 9.22. The van der Waals surface area contributed by atoms with Gasteiger partial charge >= 0.3 is 5.97 Å². The highest BCUT2D eigenvalue weighted by atomic mass is 16.4. The van der Waals surface area contributed by atoms with Crippen LogP contribution in [0.3, 0.4) is 0 Å². The minimum atomic E-state index is -1.14.